The number of carbonyl (C=O) groups excluding carboxylic acids is 1. The molecule has 98 valence electrons. The van der Waals surface area contributed by atoms with E-state index in [4.69, 9.17) is 10.5 Å². The first-order valence-electron chi connectivity index (χ1n) is 5.29. The van der Waals surface area contributed by atoms with Crippen molar-refractivity contribution in [3.63, 3.8) is 0 Å². The van der Waals surface area contributed by atoms with E-state index in [2.05, 4.69) is 0 Å². The highest BCUT2D eigenvalue weighted by molar-refractivity contribution is 5.94. The van der Waals surface area contributed by atoms with Gasteiger partial charge in [-0.25, -0.2) is 0 Å². The van der Waals surface area contributed by atoms with E-state index < -0.39 is 4.92 Å². The van der Waals surface area contributed by atoms with Crippen LogP contribution in [0.2, 0.25) is 0 Å². The zero-order valence-electron chi connectivity index (χ0n) is 10.3. The molecule has 18 heavy (non-hydrogen) atoms. The van der Waals surface area contributed by atoms with Crippen molar-refractivity contribution in [2.75, 3.05) is 27.2 Å². The number of methoxy groups -OCH3 is 1. The van der Waals surface area contributed by atoms with Crippen LogP contribution in [0.5, 0.6) is 5.75 Å². The number of nitro groups is 1. The molecule has 0 aliphatic rings. The van der Waals surface area contributed by atoms with Gasteiger partial charge in [0.2, 0.25) is 0 Å². The lowest BCUT2D eigenvalue weighted by molar-refractivity contribution is -0.385. The fraction of sp³-hybridized carbons (Fsp3) is 0.364. The smallest absolute Gasteiger partial charge is 0.310 e. The van der Waals surface area contributed by atoms with Crippen molar-refractivity contribution in [3.8, 4) is 5.75 Å². The summed E-state index contributed by atoms with van der Waals surface area (Å²) in [5.41, 5.74) is 5.51. The lowest BCUT2D eigenvalue weighted by atomic mass is 10.1. The van der Waals surface area contributed by atoms with Gasteiger partial charge in [-0.2, -0.15) is 0 Å². The number of benzene rings is 1. The number of hydrogen-bond donors (Lipinski definition) is 1. The molecule has 0 saturated heterocycles. The largest absolute Gasteiger partial charge is 0.490 e. The molecule has 2 N–H and O–H groups in total. The molecular weight excluding hydrogens is 238 g/mol. The number of hydrogen-bond acceptors (Lipinski definition) is 5. The summed E-state index contributed by atoms with van der Waals surface area (Å²) < 4.78 is 4.90. The van der Waals surface area contributed by atoms with Crippen molar-refractivity contribution >= 4 is 11.6 Å². The molecule has 0 aliphatic carbocycles. The predicted molar refractivity (Wildman–Crippen MR) is 65.7 cm³/mol. The normalized spacial score (nSPS) is 9.94. The molecule has 7 nitrogen and oxygen atoms in total. The second-order valence-electron chi connectivity index (χ2n) is 3.66. The topological polar surface area (TPSA) is 98.7 Å². The van der Waals surface area contributed by atoms with Crippen molar-refractivity contribution in [3.05, 3.63) is 33.9 Å². The van der Waals surface area contributed by atoms with E-state index in [1.54, 1.807) is 7.05 Å². The Morgan fingerprint density at radius 3 is 2.72 bits per heavy atom. The van der Waals surface area contributed by atoms with Crippen LogP contribution in [0.3, 0.4) is 0 Å². The quantitative estimate of drug-likeness (QED) is 0.613. The minimum atomic E-state index is -0.559. The van der Waals surface area contributed by atoms with Crippen LogP contribution >= 0.6 is 0 Å². The monoisotopic (exact) mass is 253 g/mol. The van der Waals surface area contributed by atoms with E-state index >= 15 is 0 Å². The second-order valence-corrected chi connectivity index (χ2v) is 3.66. The Balaban J connectivity index is 3.05. The van der Waals surface area contributed by atoms with Crippen LogP contribution in [-0.4, -0.2) is 43.0 Å². The summed E-state index contributed by atoms with van der Waals surface area (Å²) in [6.07, 6.45) is 0. The van der Waals surface area contributed by atoms with Crippen molar-refractivity contribution in [2.24, 2.45) is 5.73 Å². The van der Waals surface area contributed by atoms with Crippen LogP contribution in [0, 0.1) is 10.1 Å². The summed E-state index contributed by atoms with van der Waals surface area (Å²) in [6, 6.07) is 4.01. The van der Waals surface area contributed by atoms with Gasteiger partial charge in [-0.05, 0) is 6.07 Å². The molecule has 0 atom stereocenters. The van der Waals surface area contributed by atoms with Gasteiger partial charge < -0.3 is 15.4 Å². The van der Waals surface area contributed by atoms with Crippen molar-refractivity contribution in [1.29, 1.82) is 0 Å². The summed E-state index contributed by atoms with van der Waals surface area (Å²) in [5.74, 6) is -0.194. The number of nitro benzene ring substituents is 1. The van der Waals surface area contributed by atoms with Crippen molar-refractivity contribution in [1.82, 2.24) is 4.90 Å². The summed E-state index contributed by atoms with van der Waals surface area (Å²) in [7, 11) is 2.93. The van der Waals surface area contributed by atoms with Gasteiger partial charge in [0.15, 0.2) is 5.75 Å². The summed E-state index contributed by atoms with van der Waals surface area (Å²) in [5, 5.41) is 10.7. The minimum Gasteiger partial charge on any atom is -0.490 e. The van der Waals surface area contributed by atoms with Crippen LogP contribution in [0.1, 0.15) is 10.4 Å². The second kappa shape index (κ2) is 5.97. The molecule has 7 heteroatoms. The van der Waals surface area contributed by atoms with Gasteiger partial charge in [-0.15, -0.1) is 0 Å². The number of nitrogens with zero attached hydrogens (tertiary/aromatic N) is 2. The van der Waals surface area contributed by atoms with Crippen LogP contribution in [0.25, 0.3) is 0 Å². The lowest BCUT2D eigenvalue weighted by Crippen LogP contribution is -2.31. The fourth-order valence-electron chi connectivity index (χ4n) is 1.48. The molecule has 1 rings (SSSR count). The first-order chi connectivity index (χ1) is 8.51. The zero-order chi connectivity index (χ0) is 13.7. The van der Waals surface area contributed by atoms with E-state index in [9.17, 15) is 14.9 Å². The number of likely N-dealkylation sites (N-methyl/N-ethyl adjacent to an activating group) is 1. The van der Waals surface area contributed by atoms with Gasteiger partial charge in [0, 0.05) is 37.8 Å². The van der Waals surface area contributed by atoms with Gasteiger partial charge in [0.05, 0.1) is 12.0 Å². The van der Waals surface area contributed by atoms with Crippen LogP contribution in [-0.2, 0) is 0 Å². The number of carbonyl (C=O) groups is 1. The highest BCUT2D eigenvalue weighted by Gasteiger charge is 2.18. The number of ether oxygens (including phenoxy) is 1. The van der Waals surface area contributed by atoms with E-state index in [1.807, 2.05) is 0 Å². The molecule has 0 radical (unpaired) electrons. The average molecular weight is 253 g/mol. The minimum absolute atomic E-state index is 0.0620. The molecule has 0 aromatic heterocycles. The van der Waals surface area contributed by atoms with E-state index in [0.29, 0.717) is 18.7 Å². The third-order valence-corrected chi connectivity index (χ3v) is 2.43. The average Bonchev–Trinajstić information content (AvgIpc) is 2.37. The molecule has 1 amide bonds. The fourth-order valence-corrected chi connectivity index (χ4v) is 1.48. The summed E-state index contributed by atoms with van der Waals surface area (Å²) in [6.45, 7) is 0.768. The Kier molecular flexibility index (Phi) is 4.61. The van der Waals surface area contributed by atoms with Gasteiger partial charge in [0.25, 0.3) is 5.91 Å². The first kappa shape index (κ1) is 13.9. The third-order valence-electron chi connectivity index (χ3n) is 2.43. The Hall–Kier alpha value is -2.15. The molecule has 0 spiro atoms. The van der Waals surface area contributed by atoms with Gasteiger partial charge in [0.1, 0.15) is 0 Å². The molecule has 0 unspecified atom stereocenters. The number of rotatable bonds is 5. The maximum atomic E-state index is 11.9. The summed E-state index contributed by atoms with van der Waals surface area (Å²) >= 11 is 0. The highest BCUT2D eigenvalue weighted by atomic mass is 16.6. The van der Waals surface area contributed by atoms with Crippen LogP contribution < -0.4 is 10.5 Å². The SMILES string of the molecule is COc1cc(C(=O)N(C)CCN)ccc1[N+](=O)[O-]. The Labute approximate surface area is 104 Å². The maximum absolute atomic E-state index is 11.9. The molecule has 0 fully saturated rings. The Bertz CT molecular complexity index is 462. The Morgan fingerprint density at radius 2 is 2.22 bits per heavy atom. The van der Waals surface area contributed by atoms with Crippen molar-refractivity contribution in [2.45, 2.75) is 0 Å². The molecule has 0 aliphatic heterocycles. The van der Waals surface area contributed by atoms with Gasteiger partial charge in [-0.3, -0.25) is 14.9 Å². The van der Waals surface area contributed by atoms with E-state index in [-0.39, 0.29) is 17.3 Å². The molecule has 1 aromatic rings. The standard InChI is InChI=1S/C11H15N3O4/c1-13(6-5-12)11(15)8-3-4-9(14(16)17)10(7-8)18-2/h3-4,7H,5-6,12H2,1-2H3. The molecule has 0 saturated carbocycles. The van der Waals surface area contributed by atoms with Crippen molar-refractivity contribution < 1.29 is 14.5 Å². The maximum Gasteiger partial charge on any atom is 0.310 e. The van der Waals surface area contributed by atoms with Crippen LogP contribution in [0.4, 0.5) is 5.69 Å². The Morgan fingerprint density at radius 1 is 1.56 bits per heavy atom. The molecular formula is C11H15N3O4. The lowest BCUT2D eigenvalue weighted by Gasteiger charge is -2.16. The predicted octanol–water partition coefficient (Wildman–Crippen LogP) is 0.634. The first-order valence-corrected chi connectivity index (χ1v) is 5.29. The van der Waals surface area contributed by atoms with E-state index in [0.717, 1.165) is 0 Å². The molecule has 0 heterocycles. The molecule has 0 bridgehead atoms. The summed E-state index contributed by atoms with van der Waals surface area (Å²) in [4.78, 5) is 23.5. The van der Waals surface area contributed by atoms with Crippen LogP contribution in [0.15, 0.2) is 18.2 Å². The van der Waals surface area contributed by atoms with Gasteiger partial charge in [-0.1, -0.05) is 0 Å². The van der Waals surface area contributed by atoms with E-state index in [1.165, 1.54) is 30.2 Å². The molecule has 1 aromatic carbocycles. The van der Waals surface area contributed by atoms with Gasteiger partial charge >= 0.3 is 5.69 Å². The highest BCUT2D eigenvalue weighted by Crippen LogP contribution is 2.27. The zero-order valence-corrected chi connectivity index (χ0v) is 10.3. The number of nitrogens with two attached hydrogens (primary N) is 1. The third kappa shape index (κ3) is 2.95. The number of amides is 1.